The zero-order chi connectivity index (χ0) is 11.3. The molecule has 1 unspecified atom stereocenters. The van der Waals surface area contributed by atoms with Crippen LogP contribution in [0.25, 0.3) is 0 Å². The van der Waals surface area contributed by atoms with Crippen molar-refractivity contribution in [1.29, 1.82) is 0 Å². The average Bonchev–Trinajstić information content (AvgIpc) is 2.98. The van der Waals surface area contributed by atoms with Gasteiger partial charge in [-0.1, -0.05) is 0 Å². The SMILES string of the molecule is CC(NC(=O)OCCO)C(=O)NC1CC1. The van der Waals surface area contributed by atoms with Crippen LogP contribution in [0, 0.1) is 0 Å². The third-order valence-corrected chi connectivity index (χ3v) is 1.98. The molecular weight excluding hydrogens is 200 g/mol. The van der Waals surface area contributed by atoms with Gasteiger partial charge >= 0.3 is 6.09 Å². The van der Waals surface area contributed by atoms with Crippen molar-refractivity contribution in [3.05, 3.63) is 0 Å². The van der Waals surface area contributed by atoms with Gasteiger partial charge in [0, 0.05) is 6.04 Å². The van der Waals surface area contributed by atoms with Gasteiger partial charge in [0.2, 0.25) is 5.91 Å². The van der Waals surface area contributed by atoms with E-state index in [1.54, 1.807) is 6.92 Å². The largest absolute Gasteiger partial charge is 0.447 e. The Hall–Kier alpha value is -1.30. The molecule has 2 amide bonds. The maximum absolute atomic E-state index is 11.4. The lowest BCUT2D eigenvalue weighted by Crippen LogP contribution is -2.45. The third-order valence-electron chi connectivity index (χ3n) is 1.98. The molecule has 1 aliphatic rings. The second-order valence-corrected chi connectivity index (χ2v) is 3.51. The van der Waals surface area contributed by atoms with Crippen molar-refractivity contribution in [2.75, 3.05) is 13.2 Å². The summed E-state index contributed by atoms with van der Waals surface area (Å²) in [6.07, 6.45) is 1.32. The number of ether oxygens (including phenoxy) is 1. The smallest absolute Gasteiger partial charge is 0.407 e. The fourth-order valence-electron chi connectivity index (χ4n) is 0.976. The molecule has 0 radical (unpaired) electrons. The summed E-state index contributed by atoms with van der Waals surface area (Å²) in [7, 11) is 0. The molecular formula is C9H16N2O4. The van der Waals surface area contributed by atoms with Crippen LogP contribution in [-0.4, -0.2) is 42.4 Å². The van der Waals surface area contributed by atoms with Crippen molar-refractivity contribution in [3.63, 3.8) is 0 Å². The van der Waals surface area contributed by atoms with E-state index in [-0.39, 0.29) is 25.2 Å². The van der Waals surface area contributed by atoms with E-state index < -0.39 is 12.1 Å². The Kier molecular flexibility index (Phi) is 4.36. The van der Waals surface area contributed by atoms with Crippen LogP contribution >= 0.6 is 0 Å². The minimum Gasteiger partial charge on any atom is -0.447 e. The van der Waals surface area contributed by atoms with E-state index >= 15 is 0 Å². The van der Waals surface area contributed by atoms with E-state index in [9.17, 15) is 9.59 Å². The van der Waals surface area contributed by atoms with Crippen molar-refractivity contribution in [2.24, 2.45) is 0 Å². The monoisotopic (exact) mass is 216 g/mol. The minimum atomic E-state index is -0.692. The van der Waals surface area contributed by atoms with Crippen molar-refractivity contribution >= 4 is 12.0 Å². The van der Waals surface area contributed by atoms with E-state index in [1.165, 1.54) is 0 Å². The Morgan fingerprint density at radius 3 is 2.73 bits per heavy atom. The predicted molar refractivity (Wildman–Crippen MR) is 52.2 cm³/mol. The number of rotatable bonds is 5. The van der Waals surface area contributed by atoms with Crippen molar-refractivity contribution in [3.8, 4) is 0 Å². The fourth-order valence-corrected chi connectivity index (χ4v) is 0.976. The van der Waals surface area contributed by atoms with Crippen LogP contribution in [0.2, 0.25) is 0 Å². The zero-order valence-corrected chi connectivity index (χ0v) is 8.66. The first-order valence-corrected chi connectivity index (χ1v) is 4.98. The molecule has 1 saturated carbocycles. The molecule has 0 saturated heterocycles. The Morgan fingerprint density at radius 1 is 1.53 bits per heavy atom. The summed E-state index contributed by atoms with van der Waals surface area (Å²) in [6.45, 7) is 1.29. The molecule has 0 heterocycles. The quantitative estimate of drug-likeness (QED) is 0.571. The lowest BCUT2D eigenvalue weighted by atomic mass is 10.3. The summed E-state index contributed by atoms with van der Waals surface area (Å²) in [5.41, 5.74) is 0. The van der Waals surface area contributed by atoms with Gasteiger partial charge in [-0.2, -0.15) is 0 Å². The van der Waals surface area contributed by atoms with Gasteiger partial charge in [-0.05, 0) is 19.8 Å². The van der Waals surface area contributed by atoms with Crippen LogP contribution in [-0.2, 0) is 9.53 Å². The number of hydrogen-bond donors (Lipinski definition) is 3. The molecule has 0 aromatic heterocycles. The first-order chi connectivity index (χ1) is 7.13. The Labute approximate surface area is 88.0 Å². The first-order valence-electron chi connectivity index (χ1n) is 4.98. The molecule has 1 fully saturated rings. The number of nitrogens with one attached hydrogen (secondary N) is 2. The van der Waals surface area contributed by atoms with E-state index in [1.807, 2.05) is 0 Å². The Morgan fingerprint density at radius 2 is 2.20 bits per heavy atom. The van der Waals surface area contributed by atoms with Gasteiger partial charge in [-0.25, -0.2) is 4.79 Å². The van der Waals surface area contributed by atoms with Crippen LogP contribution in [0.3, 0.4) is 0 Å². The summed E-state index contributed by atoms with van der Waals surface area (Å²) in [6, 6.07) is -0.341. The zero-order valence-electron chi connectivity index (χ0n) is 8.66. The molecule has 6 nitrogen and oxygen atoms in total. The lowest BCUT2D eigenvalue weighted by Gasteiger charge is -2.13. The highest BCUT2D eigenvalue weighted by molar-refractivity contribution is 5.85. The molecule has 1 atom stereocenters. The summed E-state index contributed by atoms with van der Waals surface area (Å²) < 4.78 is 4.55. The minimum absolute atomic E-state index is 0.0667. The summed E-state index contributed by atoms with van der Waals surface area (Å²) in [5, 5.41) is 13.5. The van der Waals surface area contributed by atoms with Gasteiger partial charge in [0.05, 0.1) is 6.61 Å². The normalized spacial score (nSPS) is 16.7. The molecule has 0 aliphatic heterocycles. The lowest BCUT2D eigenvalue weighted by molar-refractivity contribution is -0.122. The maximum Gasteiger partial charge on any atom is 0.407 e. The average molecular weight is 216 g/mol. The molecule has 0 spiro atoms. The Bertz CT molecular complexity index is 240. The van der Waals surface area contributed by atoms with Gasteiger partial charge in [0.15, 0.2) is 0 Å². The van der Waals surface area contributed by atoms with Crippen LogP contribution < -0.4 is 10.6 Å². The van der Waals surface area contributed by atoms with Crippen LogP contribution in [0.5, 0.6) is 0 Å². The standard InChI is InChI=1S/C9H16N2O4/c1-6(8(13)11-7-2-3-7)10-9(14)15-5-4-12/h6-7,12H,2-5H2,1H3,(H,10,14)(H,11,13). The van der Waals surface area contributed by atoms with E-state index in [4.69, 9.17) is 5.11 Å². The number of carbonyl (C=O) groups is 2. The summed E-state index contributed by atoms with van der Waals surface area (Å²) in [5.74, 6) is -0.210. The molecule has 0 aromatic rings. The van der Waals surface area contributed by atoms with Crippen molar-refractivity contribution < 1.29 is 19.4 Å². The van der Waals surface area contributed by atoms with Crippen LogP contribution in [0.4, 0.5) is 4.79 Å². The molecule has 0 aromatic carbocycles. The number of alkyl carbamates (subject to hydrolysis) is 1. The number of aliphatic hydroxyl groups excluding tert-OH is 1. The number of aliphatic hydroxyl groups is 1. The third kappa shape index (κ3) is 4.64. The number of amides is 2. The second kappa shape index (κ2) is 5.55. The van der Waals surface area contributed by atoms with Gasteiger partial charge in [0.25, 0.3) is 0 Å². The second-order valence-electron chi connectivity index (χ2n) is 3.51. The Balaban J connectivity index is 2.17. The van der Waals surface area contributed by atoms with Gasteiger partial charge in [0.1, 0.15) is 12.6 Å². The topological polar surface area (TPSA) is 87.7 Å². The van der Waals surface area contributed by atoms with E-state index in [0.29, 0.717) is 0 Å². The molecule has 1 rings (SSSR count). The predicted octanol–water partition coefficient (Wildman–Crippen LogP) is -0.628. The number of carbonyl (C=O) groups excluding carboxylic acids is 2. The molecule has 0 bridgehead atoms. The fraction of sp³-hybridized carbons (Fsp3) is 0.778. The van der Waals surface area contributed by atoms with Crippen LogP contribution in [0.15, 0.2) is 0 Å². The maximum atomic E-state index is 11.4. The molecule has 15 heavy (non-hydrogen) atoms. The van der Waals surface area contributed by atoms with E-state index in [2.05, 4.69) is 15.4 Å². The van der Waals surface area contributed by atoms with E-state index in [0.717, 1.165) is 12.8 Å². The molecule has 86 valence electrons. The van der Waals surface area contributed by atoms with Crippen LogP contribution in [0.1, 0.15) is 19.8 Å². The highest BCUT2D eigenvalue weighted by Gasteiger charge is 2.26. The van der Waals surface area contributed by atoms with Gasteiger partial charge < -0.3 is 20.5 Å². The van der Waals surface area contributed by atoms with Gasteiger partial charge in [-0.3, -0.25) is 4.79 Å². The molecule has 3 N–H and O–H groups in total. The molecule has 6 heteroatoms. The first kappa shape index (κ1) is 11.8. The summed E-state index contributed by atoms with van der Waals surface area (Å²) >= 11 is 0. The van der Waals surface area contributed by atoms with Crippen molar-refractivity contribution in [1.82, 2.24) is 10.6 Å². The highest BCUT2D eigenvalue weighted by atomic mass is 16.6. The number of hydrogen-bond acceptors (Lipinski definition) is 4. The summed E-state index contributed by atoms with van der Waals surface area (Å²) in [4.78, 5) is 22.4. The van der Waals surface area contributed by atoms with Gasteiger partial charge in [-0.15, -0.1) is 0 Å². The molecule has 1 aliphatic carbocycles. The highest BCUT2D eigenvalue weighted by Crippen LogP contribution is 2.18. The van der Waals surface area contributed by atoms with Crippen molar-refractivity contribution in [2.45, 2.75) is 31.8 Å².